The predicted octanol–water partition coefficient (Wildman–Crippen LogP) is 2.05. The minimum absolute atomic E-state index is 0.0460. The smallest absolute Gasteiger partial charge is 0.338 e. The molecular formula is C19H20N6O3. The Labute approximate surface area is 160 Å². The summed E-state index contributed by atoms with van der Waals surface area (Å²) in [6.07, 6.45) is 4.25. The molecule has 9 heteroatoms. The number of piperidine rings is 1. The molecule has 9 nitrogen and oxygen atoms in total. The van der Waals surface area contributed by atoms with Crippen LogP contribution in [0.15, 0.2) is 33.6 Å². The van der Waals surface area contributed by atoms with Crippen molar-refractivity contribution in [2.45, 2.75) is 37.5 Å². The van der Waals surface area contributed by atoms with Gasteiger partial charge in [0.1, 0.15) is 5.82 Å². The van der Waals surface area contributed by atoms with Gasteiger partial charge < -0.3 is 4.90 Å². The first-order valence-electron chi connectivity index (χ1n) is 9.55. The molecule has 1 aliphatic carbocycles. The molecule has 1 amide bonds. The maximum atomic E-state index is 13.1. The Morgan fingerprint density at radius 1 is 1.21 bits per heavy atom. The highest BCUT2D eigenvalue weighted by Gasteiger charge is 2.31. The summed E-state index contributed by atoms with van der Waals surface area (Å²) in [6.45, 7) is 1.31. The number of nitrogens with zero attached hydrogens (tertiary/aromatic N) is 4. The number of nitrogens with one attached hydrogen (secondary N) is 2. The molecule has 144 valence electrons. The molecule has 3 heterocycles. The molecule has 0 radical (unpaired) electrons. The Balaban J connectivity index is 1.33. The van der Waals surface area contributed by atoms with Gasteiger partial charge in [-0.1, -0.05) is 17.3 Å². The number of rotatable bonds is 4. The molecule has 2 N–H and O–H groups in total. The van der Waals surface area contributed by atoms with E-state index < -0.39 is 5.76 Å². The van der Waals surface area contributed by atoms with E-state index in [0.29, 0.717) is 36.0 Å². The lowest BCUT2D eigenvalue weighted by atomic mass is 9.96. The number of H-pyrrole nitrogens is 2. The van der Waals surface area contributed by atoms with Crippen LogP contribution in [0.5, 0.6) is 0 Å². The zero-order valence-corrected chi connectivity index (χ0v) is 15.2. The number of hydrogen-bond donors (Lipinski definition) is 2. The molecule has 3 aromatic rings. The molecule has 5 rings (SSSR count). The highest BCUT2D eigenvalue weighted by Crippen LogP contribution is 2.38. The van der Waals surface area contributed by atoms with Crippen molar-refractivity contribution in [3.05, 3.63) is 52.0 Å². The zero-order chi connectivity index (χ0) is 19.1. The maximum Gasteiger partial charge on any atom is 0.439 e. The minimum atomic E-state index is -0.623. The summed E-state index contributed by atoms with van der Waals surface area (Å²) in [5.41, 5.74) is 1.18. The van der Waals surface area contributed by atoms with Crippen molar-refractivity contribution in [1.29, 1.82) is 0 Å². The number of amides is 1. The summed E-state index contributed by atoms with van der Waals surface area (Å²) in [5.74, 6) is 2.12. The van der Waals surface area contributed by atoms with Gasteiger partial charge in [-0.15, -0.1) is 0 Å². The molecule has 1 unspecified atom stereocenters. The topological polar surface area (TPSA) is 121 Å². The van der Waals surface area contributed by atoms with E-state index in [2.05, 4.69) is 29.8 Å². The van der Waals surface area contributed by atoms with Crippen LogP contribution in [0.25, 0.3) is 11.4 Å². The highest BCUT2D eigenvalue weighted by molar-refractivity contribution is 5.95. The third-order valence-corrected chi connectivity index (χ3v) is 5.38. The van der Waals surface area contributed by atoms with Crippen LogP contribution >= 0.6 is 0 Å². The third-order valence-electron chi connectivity index (χ3n) is 5.38. The summed E-state index contributed by atoms with van der Waals surface area (Å²) in [4.78, 5) is 33.2. The molecule has 1 saturated carbocycles. The average Bonchev–Trinajstić information content (AvgIpc) is 3.29. The summed E-state index contributed by atoms with van der Waals surface area (Å²) < 4.78 is 4.55. The van der Waals surface area contributed by atoms with Gasteiger partial charge in [0.15, 0.2) is 11.6 Å². The molecule has 1 atom stereocenters. The third kappa shape index (κ3) is 3.23. The lowest BCUT2D eigenvalue weighted by Crippen LogP contribution is -2.39. The number of carbonyl (C=O) groups is 1. The molecule has 2 aliphatic rings. The molecule has 2 fully saturated rings. The molecule has 1 aromatic carbocycles. The van der Waals surface area contributed by atoms with Gasteiger partial charge in [0.25, 0.3) is 5.91 Å². The Hall–Kier alpha value is -3.23. The average molecular weight is 380 g/mol. The van der Waals surface area contributed by atoms with Crippen LogP contribution in [-0.2, 0) is 0 Å². The quantitative estimate of drug-likeness (QED) is 0.714. The molecule has 2 aromatic heterocycles. The largest absolute Gasteiger partial charge is 0.439 e. The van der Waals surface area contributed by atoms with Crippen molar-refractivity contribution in [3.8, 4) is 11.4 Å². The Morgan fingerprint density at radius 3 is 2.89 bits per heavy atom. The van der Waals surface area contributed by atoms with Crippen molar-refractivity contribution < 1.29 is 9.32 Å². The van der Waals surface area contributed by atoms with Crippen LogP contribution in [0.2, 0.25) is 0 Å². The molecule has 28 heavy (non-hydrogen) atoms. The van der Waals surface area contributed by atoms with E-state index in [1.54, 1.807) is 24.3 Å². The lowest BCUT2D eigenvalue weighted by Gasteiger charge is -2.31. The van der Waals surface area contributed by atoms with Crippen molar-refractivity contribution in [1.82, 2.24) is 30.2 Å². The van der Waals surface area contributed by atoms with Gasteiger partial charge in [0.05, 0.1) is 0 Å². The minimum Gasteiger partial charge on any atom is -0.338 e. The van der Waals surface area contributed by atoms with Crippen LogP contribution in [0.3, 0.4) is 0 Å². The van der Waals surface area contributed by atoms with E-state index in [0.717, 1.165) is 24.5 Å². The number of hydrogen-bond acceptors (Lipinski definition) is 6. The molecule has 1 aliphatic heterocycles. The normalized spacial score (nSPS) is 19.7. The molecule has 0 bridgehead atoms. The maximum absolute atomic E-state index is 13.1. The number of aromatic nitrogens is 5. The van der Waals surface area contributed by atoms with Gasteiger partial charge in [-0.25, -0.2) is 9.78 Å². The first kappa shape index (κ1) is 16.9. The molecule has 0 spiro atoms. The molecule has 1 saturated heterocycles. The van der Waals surface area contributed by atoms with E-state index in [1.807, 2.05) is 4.90 Å². The van der Waals surface area contributed by atoms with Crippen LogP contribution in [0.4, 0.5) is 0 Å². The molecular weight excluding hydrogens is 360 g/mol. The summed E-state index contributed by atoms with van der Waals surface area (Å²) in [7, 11) is 0. The standard InChI is InChI=1S/C19H20N6O3/c26-18(13-4-1-3-12(9-13)17-21-19(27)28-24-17)25-8-2-5-14(10-25)16-20-15(22-23-16)11-6-7-11/h1,3-4,9,11,14H,2,5-8,10H2,(H,20,22,23)(H,21,24,27). The fourth-order valence-corrected chi connectivity index (χ4v) is 3.72. The number of carbonyl (C=O) groups excluding carboxylic acids is 1. The first-order valence-corrected chi connectivity index (χ1v) is 9.55. The Bertz CT molecular complexity index is 1060. The Morgan fingerprint density at radius 2 is 2.11 bits per heavy atom. The van der Waals surface area contributed by atoms with E-state index in [4.69, 9.17) is 0 Å². The fraction of sp³-hybridized carbons (Fsp3) is 0.421. The van der Waals surface area contributed by atoms with E-state index >= 15 is 0 Å². The second kappa shape index (κ2) is 6.74. The van der Waals surface area contributed by atoms with E-state index in [9.17, 15) is 9.59 Å². The summed E-state index contributed by atoms with van der Waals surface area (Å²) in [6, 6.07) is 7.04. The number of likely N-dealkylation sites (tertiary alicyclic amines) is 1. The van der Waals surface area contributed by atoms with Crippen LogP contribution in [0, 0.1) is 0 Å². The van der Waals surface area contributed by atoms with Crippen molar-refractivity contribution in [3.63, 3.8) is 0 Å². The lowest BCUT2D eigenvalue weighted by molar-refractivity contribution is 0.0704. The van der Waals surface area contributed by atoms with Crippen LogP contribution in [-0.4, -0.2) is 49.2 Å². The zero-order valence-electron chi connectivity index (χ0n) is 15.2. The second-order valence-electron chi connectivity index (χ2n) is 7.47. The Kier molecular flexibility index (Phi) is 4.07. The SMILES string of the molecule is O=C(c1cccc(-c2noc(=O)[nH]2)c1)N1CCCC(c2n[nH]c(C3CC3)n2)C1. The van der Waals surface area contributed by atoms with Gasteiger partial charge in [-0.3, -0.25) is 19.4 Å². The highest BCUT2D eigenvalue weighted by atomic mass is 16.5. The van der Waals surface area contributed by atoms with E-state index in [-0.39, 0.29) is 11.8 Å². The van der Waals surface area contributed by atoms with Gasteiger partial charge in [-0.2, -0.15) is 5.10 Å². The van der Waals surface area contributed by atoms with Crippen molar-refractivity contribution in [2.75, 3.05) is 13.1 Å². The van der Waals surface area contributed by atoms with Gasteiger partial charge in [-0.05, 0) is 37.8 Å². The monoisotopic (exact) mass is 380 g/mol. The number of aromatic amines is 2. The van der Waals surface area contributed by atoms with E-state index in [1.165, 1.54) is 12.8 Å². The summed E-state index contributed by atoms with van der Waals surface area (Å²) in [5, 5.41) is 11.1. The van der Waals surface area contributed by atoms with Crippen LogP contribution in [0.1, 0.15) is 59.5 Å². The number of benzene rings is 1. The van der Waals surface area contributed by atoms with Gasteiger partial charge in [0, 0.05) is 36.1 Å². The van der Waals surface area contributed by atoms with Gasteiger partial charge in [0.2, 0.25) is 0 Å². The van der Waals surface area contributed by atoms with Crippen molar-refractivity contribution in [2.24, 2.45) is 0 Å². The summed E-state index contributed by atoms with van der Waals surface area (Å²) >= 11 is 0. The fourth-order valence-electron chi connectivity index (χ4n) is 3.72. The second-order valence-corrected chi connectivity index (χ2v) is 7.47. The van der Waals surface area contributed by atoms with Crippen LogP contribution < -0.4 is 5.76 Å². The first-order chi connectivity index (χ1) is 13.7. The predicted molar refractivity (Wildman–Crippen MR) is 98.8 cm³/mol. The van der Waals surface area contributed by atoms with Gasteiger partial charge >= 0.3 is 5.76 Å². The van der Waals surface area contributed by atoms with Crippen molar-refractivity contribution >= 4 is 5.91 Å².